The predicted molar refractivity (Wildman–Crippen MR) is 65.9 cm³/mol. The number of phenols is 1. The number of halogens is 1. The Balaban J connectivity index is 3.00. The molecule has 0 radical (unpaired) electrons. The van der Waals surface area contributed by atoms with E-state index in [1.54, 1.807) is 13.0 Å². The summed E-state index contributed by atoms with van der Waals surface area (Å²) in [6.07, 6.45) is 0.00120. The lowest BCUT2D eigenvalue weighted by molar-refractivity contribution is -0.142. The van der Waals surface area contributed by atoms with Crippen molar-refractivity contribution in [2.24, 2.45) is 0 Å². The van der Waals surface area contributed by atoms with Crippen LogP contribution in [0.2, 0.25) is 0 Å². The summed E-state index contributed by atoms with van der Waals surface area (Å²) in [5, 5.41) is 18.4. The molecule has 1 rings (SSSR count). The molecule has 0 aliphatic carbocycles. The van der Waals surface area contributed by atoms with Gasteiger partial charge in [0.2, 0.25) is 0 Å². The van der Waals surface area contributed by atoms with E-state index in [1.807, 2.05) is 28.7 Å². The van der Waals surface area contributed by atoms with Crippen molar-refractivity contribution in [1.29, 1.82) is 5.26 Å². The maximum atomic E-state index is 11.3. The van der Waals surface area contributed by atoms with Crippen LogP contribution in [0.15, 0.2) is 12.1 Å². The number of nitrogens with zero attached hydrogens (tertiary/aromatic N) is 1. The Kier molecular flexibility index (Phi) is 4.55. The topological polar surface area (TPSA) is 70.3 Å². The smallest absolute Gasteiger partial charge is 0.310 e. The van der Waals surface area contributed by atoms with Crippen LogP contribution >= 0.6 is 22.6 Å². The number of hydrogen-bond acceptors (Lipinski definition) is 4. The van der Waals surface area contributed by atoms with Crippen molar-refractivity contribution in [3.63, 3.8) is 0 Å². The second kappa shape index (κ2) is 5.70. The number of carbonyl (C=O) groups excluding carboxylic acids is 1. The third kappa shape index (κ3) is 3.10. The highest BCUT2D eigenvalue weighted by Gasteiger charge is 2.11. The van der Waals surface area contributed by atoms with Crippen LogP contribution in [0.3, 0.4) is 0 Å². The van der Waals surface area contributed by atoms with Crippen LogP contribution in [0, 0.1) is 14.9 Å². The Morgan fingerprint density at radius 3 is 2.88 bits per heavy atom. The predicted octanol–water partition coefficient (Wildman–Crippen LogP) is 1.97. The zero-order valence-electron chi connectivity index (χ0n) is 8.66. The molecule has 16 heavy (non-hydrogen) atoms. The van der Waals surface area contributed by atoms with Gasteiger partial charge >= 0.3 is 5.97 Å². The number of rotatable bonds is 3. The first-order chi connectivity index (χ1) is 7.58. The number of ether oxygens (including phenoxy) is 1. The summed E-state index contributed by atoms with van der Waals surface area (Å²) in [5.74, 6) is -0.335. The molecule has 0 unspecified atom stereocenters. The van der Waals surface area contributed by atoms with Crippen molar-refractivity contribution >= 4 is 28.6 Å². The lowest BCUT2D eigenvalue weighted by Gasteiger charge is -2.06. The van der Waals surface area contributed by atoms with Crippen molar-refractivity contribution in [3.05, 3.63) is 26.8 Å². The molecule has 84 valence electrons. The van der Waals surface area contributed by atoms with E-state index < -0.39 is 5.97 Å². The van der Waals surface area contributed by atoms with Gasteiger partial charge < -0.3 is 9.84 Å². The molecule has 0 aliphatic heterocycles. The van der Waals surface area contributed by atoms with Gasteiger partial charge in [0.25, 0.3) is 0 Å². The van der Waals surface area contributed by atoms with Gasteiger partial charge in [-0.3, -0.25) is 4.79 Å². The van der Waals surface area contributed by atoms with Gasteiger partial charge in [0, 0.05) is 0 Å². The molecule has 0 saturated carbocycles. The van der Waals surface area contributed by atoms with E-state index in [1.165, 1.54) is 6.07 Å². The minimum Gasteiger partial charge on any atom is -0.507 e. The molecule has 0 bridgehead atoms. The van der Waals surface area contributed by atoms with E-state index in [9.17, 15) is 9.90 Å². The van der Waals surface area contributed by atoms with Crippen molar-refractivity contribution in [3.8, 4) is 11.8 Å². The number of carbonyl (C=O) groups is 1. The molecule has 1 aromatic rings. The largest absolute Gasteiger partial charge is 0.507 e. The van der Waals surface area contributed by atoms with Gasteiger partial charge in [-0.2, -0.15) is 5.26 Å². The monoisotopic (exact) mass is 331 g/mol. The van der Waals surface area contributed by atoms with Gasteiger partial charge in [-0.25, -0.2) is 0 Å². The summed E-state index contributed by atoms with van der Waals surface area (Å²) in [4.78, 5) is 11.3. The summed E-state index contributed by atoms with van der Waals surface area (Å²) in [6, 6.07) is 4.96. The summed E-state index contributed by atoms with van der Waals surface area (Å²) in [6.45, 7) is 2.02. The highest BCUT2D eigenvalue weighted by Crippen LogP contribution is 2.24. The molecule has 0 aromatic heterocycles. The maximum absolute atomic E-state index is 11.3. The lowest BCUT2D eigenvalue weighted by Crippen LogP contribution is -2.08. The fourth-order valence-electron chi connectivity index (χ4n) is 1.22. The zero-order valence-corrected chi connectivity index (χ0v) is 10.8. The van der Waals surface area contributed by atoms with Crippen LogP contribution in [0.4, 0.5) is 0 Å². The highest BCUT2D eigenvalue weighted by molar-refractivity contribution is 14.1. The molecular weight excluding hydrogens is 321 g/mol. The Morgan fingerprint density at radius 2 is 2.31 bits per heavy atom. The first-order valence-corrected chi connectivity index (χ1v) is 5.73. The minimum absolute atomic E-state index is 0.00120. The van der Waals surface area contributed by atoms with Crippen molar-refractivity contribution in [2.45, 2.75) is 13.3 Å². The Hall–Kier alpha value is -1.29. The molecule has 0 heterocycles. The molecular formula is C11H10INO3. The average Bonchev–Trinajstić information content (AvgIpc) is 2.23. The summed E-state index contributed by atoms with van der Waals surface area (Å²) in [7, 11) is 0. The average molecular weight is 331 g/mol. The van der Waals surface area contributed by atoms with Crippen molar-refractivity contribution in [1.82, 2.24) is 0 Å². The highest BCUT2D eigenvalue weighted by atomic mass is 127. The number of nitriles is 1. The van der Waals surface area contributed by atoms with Crippen LogP contribution in [-0.4, -0.2) is 17.7 Å². The molecule has 5 heteroatoms. The second-order valence-corrected chi connectivity index (χ2v) is 4.22. The first-order valence-electron chi connectivity index (χ1n) is 4.65. The molecule has 0 aliphatic rings. The van der Waals surface area contributed by atoms with Crippen molar-refractivity contribution < 1.29 is 14.6 Å². The first kappa shape index (κ1) is 12.8. The van der Waals surface area contributed by atoms with Gasteiger partial charge in [0.1, 0.15) is 5.75 Å². The third-order valence-corrected chi connectivity index (χ3v) is 2.80. The van der Waals surface area contributed by atoms with Gasteiger partial charge in [0.05, 0.1) is 28.2 Å². The SMILES string of the molecule is CCOC(=O)Cc1cc(O)c(I)cc1C#N. The van der Waals surface area contributed by atoms with E-state index >= 15 is 0 Å². The van der Waals surface area contributed by atoms with E-state index in [0.29, 0.717) is 21.3 Å². The van der Waals surface area contributed by atoms with Gasteiger partial charge in [0.15, 0.2) is 0 Å². The fourth-order valence-corrected chi connectivity index (χ4v) is 1.69. The van der Waals surface area contributed by atoms with Crippen LogP contribution in [-0.2, 0) is 16.0 Å². The normalized spacial score (nSPS) is 9.56. The van der Waals surface area contributed by atoms with Crippen LogP contribution < -0.4 is 0 Å². The molecule has 4 nitrogen and oxygen atoms in total. The maximum Gasteiger partial charge on any atom is 0.310 e. The Bertz CT molecular complexity index is 451. The fraction of sp³-hybridized carbons (Fsp3) is 0.273. The van der Waals surface area contributed by atoms with Crippen molar-refractivity contribution in [2.75, 3.05) is 6.61 Å². The Morgan fingerprint density at radius 1 is 1.62 bits per heavy atom. The van der Waals surface area contributed by atoms with Crippen LogP contribution in [0.5, 0.6) is 5.75 Å². The van der Waals surface area contributed by atoms with E-state index in [2.05, 4.69) is 0 Å². The Labute approximate surface area is 107 Å². The van der Waals surface area contributed by atoms with Crippen LogP contribution in [0.1, 0.15) is 18.1 Å². The van der Waals surface area contributed by atoms with E-state index in [4.69, 9.17) is 10.00 Å². The van der Waals surface area contributed by atoms with Gasteiger partial charge in [-0.1, -0.05) is 0 Å². The van der Waals surface area contributed by atoms with Crippen LogP contribution in [0.25, 0.3) is 0 Å². The number of phenolic OH excluding ortho intramolecular Hbond substituents is 1. The second-order valence-electron chi connectivity index (χ2n) is 3.05. The molecule has 0 atom stereocenters. The van der Waals surface area contributed by atoms with E-state index in [0.717, 1.165) is 0 Å². The quantitative estimate of drug-likeness (QED) is 0.679. The minimum atomic E-state index is -0.403. The summed E-state index contributed by atoms with van der Waals surface area (Å²) >= 11 is 1.92. The summed E-state index contributed by atoms with van der Waals surface area (Å²) in [5.41, 5.74) is 0.870. The molecule has 0 fully saturated rings. The number of esters is 1. The molecule has 0 spiro atoms. The number of aromatic hydroxyl groups is 1. The van der Waals surface area contributed by atoms with E-state index in [-0.39, 0.29) is 12.2 Å². The molecule has 1 N–H and O–H groups in total. The summed E-state index contributed by atoms with van der Waals surface area (Å²) < 4.78 is 5.37. The third-order valence-electron chi connectivity index (χ3n) is 1.93. The van der Waals surface area contributed by atoms with Gasteiger partial charge in [-0.15, -0.1) is 0 Å². The standard InChI is InChI=1S/C11H10INO3/c1-2-16-11(15)5-7-4-10(14)9(12)3-8(7)6-13/h3-4,14H,2,5H2,1H3. The number of benzene rings is 1. The molecule has 1 aromatic carbocycles. The van der Waals surface area contributed by atoms with Gasteiger partial charge in [-0.05, 0) is 47.2 Å². The molecule has 0 amide bonds. The zero-order chi connectivity index (χ0) is 12.1. The lowest BCUT2D eigenvalue weighted by atomic mass is 10.1. The molecule has 0 saturated heterocycles. The number of hydrogen-bond donors (Lipinski definition) is 1.